The van der Waals surface area contributed by atoms with Crippen LogP contribution >= 0.6 is 0 Å². The molecule has 0 spiro atoms. The van der Waals surface area contributed by atoms with Crippen LogP contribution in [-0.4, -0.2) is 0 Å². The minimum Gasteiger partial charge on any atom is -0.455 e. The summed E-state index contributed by atoms with van der Waals surface area (Å²) in [6.07, 6.45) is 0. The molecule has 0 saturated carbocycles. The Morgan fingerprint density at radius 2 is 1.10 bits per heavy atom. The zero-order valence-electron chi connectivity index (χ0n) is 27.5. The summed E-state index contributed by atoms with van der Waals surface area (Å²) in [4.78, 5) is 2.41. The van der Waals surface area contributed by atoms with Crippen molar-refractivity contribution in [1.82, 2.24) is 0 Å². The van der Waals surface area contributed by atoms with Gasteiger partial charge in [0.15, 0.2) is 5.58 Å². The third kappa shape index (κ3) is 4.35. The van der Waals surface area contributed by atoms with Crippen LogP contribution in [0.1, 0.15) is 31.9 Å². The van der Waals surface area contributed by atoms with E-state index >= 15 is 0 Å². The van der Waals surface area contributed by atoms with Gasteiger partial charge in [-0.25, -0.2) is 0 Å². The molecule has 2 heterocycles. The number of furan rings is 2. The second-order valence-corrected chi connectivity index (χ2v) is 13.8. The van der Waals surface area contributed by atoms with Gasteiger partial charge < -0.3 is 13.7 Å². The van der Waals surface area contributed by atoms with Crippen LogP contribution in [0.25, 0.3) is 65.8 Å². The number of rotatable bonds is 4. The van der Waals surface area contributed by atoms with Crippen molar-refractivity contribution in [3.63, 3.8) is 0 Å². The minimum atomic E-state index is -0.0751. The van der Waals surface area contributed by atoms with Crippen molar-refractivity contribution in [1.29, 1.82) is 0 Å². The molecule has 9 aromatic rings. The maximum Gasteiger partial charge on any atom is 0.159 e. The number of hydrogen-bond donors (Lipinski definition) is 0. The molecule has 0 atom stereocenters. The average Bonchev–Trinajstić information content (AvgIpc) is 3.68. The fourth-order valence-electron chi connectivity index (χ4n) is 7.37. The monoisotopic (exact) mass is 621 g/mol. The molecule has 7 aromatic carbocycles. The molecule has 0 radical (unpaired) electrons. The van der Waals surface area contributed by atoms with Crippen molar-refractivity contribution in [2.75, 3.05) is 4.90 Å². The highest BCUT2D eigenvalue weighted by Gasteiger charge is 2.27. The Bertz CT molecular complexity index is 2670. The average molecular weight is 622 g/mol. The molecule has 0 bridgehead atoms. The van der Waals surface area contributed by atoms with Crippen LogP contribution in [0.3, 0.4) is 0 Å². The highest BCUT2D eigenvalue weighted by molar-refractivity contribution is 6.21. The van der Waals surface area contributed by atoms with Gasteiger partial charge in [0.05, 0.1) is 17.1 Å². The Morgan fingerprint density at radius 1 is 0.458 bits per heavy atom. The fraction of sp³-hybridized carbons (Fsp3) is 0.111. The zero-order valence-corrected chi connectivity index (χ0v) is 27.5. The number of para-hydroxylation sites is 3. The van der Waals surface area contributed by atoms with Crippen molar-refractivity contribution in [2.24, 2.45) is 0 Å². The lowest BCUT2D eigenvalue weighted by molar-refractivity contribution is 0.573. The third-order valence-corrected chi connectivity index (χ3v) is 9.63. The van der Waals surface area contributed by atoms with Crippen LogP contribution in [0, 0.1) is 6.92 Å². The van der Waals surface area contributed by atoms with Gasteiger partial charge in [-0.05, 0) is 48.2 Å². The summed E-state index contributed by atoms with van der Waals surface area (Å²) >= 11 is 0. The summed E-state index contributed by atoms with van der Waals surface area (Å²) in [5.41, 5.74) is 11.4. The van der Waals surface area contributed by atoms with Gasteiger partial charge in [-0.15, -0.1) is 0 Å². The first-order chi connectivity index (χ1) is 23.4. The lowest BCUT2D eigenvalue weighted by Crippen LogP contribution is -2.12. The van der Waals surface area contributed by atoms with Crippen molar-refractivity contribution in [2.45, 2.75) is 33.1 Å². The third-order valence-electron chi connectivity index (χ3n) is 9.63. The van der Waals surface area contributed by atoms with E-state index in [1.165, 1.54) is 11.1 Å². The number of fused-ring (bicyclic) bond motifs is 8. The van der Waals surface area contributed by atoms with E-state index in [0.717, 1.165) is 82.8 Å². The topological polar surface area (TPSA) is 29.5 Å². The molecule has 0 aliphatic carbocycles. The van der Waals surface area contributed by atoms with E-state index in [2.05, 4.69) is 166 Å². The Kier molecular flexibility index (Phi) is 6.29. The summed E-state index contributed by atoms with van der Waals surface area (Å²) in [5.74, 6) is 0. The Labute approximate surface area is 279 Å². The highest BCUT2D eigenvalue weighted by atomic mass is 16.3. The predicted molar refractivity (Wildman–Crippen MR) is 202 cm³/mol. The number of nitrogens with zero attached hydrogens (tertiary/aromatic N) is 1. The van der Waals surface area contributed by atoms with Gasteiger partial charge in [0.2, 0.25) is 0 Å². The fourth-order valence-corrected chi connectivity index (χ4v) is 7.37. The standard InChI is InChI=1S/C45H35NO2/c1-28-24-25-38(35(26-28)29-14-6-5-7-15-29)46(39-22-13-20-34-33-19-12-21-37(45(2,3)4)43(33)48-44(34)39)40-27-36-31-17-10-11-23-41(31)47-42(36)32-18-9-8-16-30(32)40/h5-27H,1-4H3. The molecule has 0 amide bonds. The van der Waals surface area contributed by atoms with E-state index in [-0.39, 0.29) is 5.41 Å². The Morgan fingerprint density at radius 3 is 1.90 bits per heavy atom. The minimum absolute atomic E-state index is 0.0751. The van der Waals surface area contributed by atoms with Gasteiger partial charge >= 0.3 is 0 Å². The van der Waals surface area contributed by atoms with Crippen molar-refractivity contribution < 1.29 is 8.83 Å². The molecular formula is C45H35NO2. The largest absolute Gasteiger partial charge is 0.455 e. The second-order valence-electron chi connectivity index (χ2n) is 13.8. The van der Waals surface area contributed by atoms with Crippen LogP contribution < -0.4 is 4.90 Å². The van der Waals surface area contributed by atoms with Gasteiger partial charge in [0.1, 0.15) is 16.7 Å². The predicted octanol–water partition coefficient (Wildman–Crippen LogP) is 13.4. The number of anilines is 3. The van der Waals surface area contributed by atoms with Crippen LogP contribution in [0.4, 0.5) is 17.1 Å². The first kappa shape index (κ1) is 28.4. The summed E-state index contributed by atoms with van der Waals surface area (Å²) in [5, 5.41) is 6.60. The normalized spacial score (nSPS) is 12.2. The first-order valence-electron chi connectivity index (χ1n) is 16.6. The van der Waals surface area contributed by atoms with Crippen molar-refractivity contribution in [3.8, 4) is 11.1 Å². The summed E-state index contributed by atoms with van der Waals surface area (Å²) < 4.78 is 13.6. The van der Waals surface area contributed by atoms with Gasteiger partial charge in [-0.2, -0.15) is 0 Å². The van der Waals surface area contributed by atoms with Crippen LogP contribution in [0.5, 0.6) is 0 Å². The first-order valence-corrected chi connectivity index (χ1v) is 16.6. The molecule has 9 rings (SSSR count). The van der Waals surface area contributed by atoms with Crippen LogP contribution in [0.2, 0.25) is 0 Å². The van der Waals surface area contributed by atoms with Gasteiger partial charge in [0, 0.05) is 43.4 Å². The van der Waals surface area contributed by atoms with Gasteiger partial charge in [0.25, 0.3) is 0 Å². The second kappa shape index (κ2) is 10.6. The molecule has 2 aromatic heterocycles. The zero-order chi connectivity index (χ0) is 32.6. The molecule has 0 aliphatic heterocycles. The molecule has 0 aliphatic rings. The highest BCUT2D eigenvalue weighted by Crippen LogP contribution is 2.50. The molecule has 3 nitrogen and oxygen atoms in total. The number of aryl methyl sites for hydroxylation is 1. The Hall–Kier alpha value is -5.80. The maximum atomic E-state index is 7.03. The van der Waals surface area contributed by atoms with E-state index in [1.54, 1.807) is 0 Å². The molecule has 0 unspecified atom stereocenters. The molecular weight excluding hydrogens is 587 g/mol. The lowest BCUT2D eigenvalue weighted by atomic mass is 9.86. The summed E-state index contributed by atoms with van der Waals surface area (Å²) in [6, 6.07) is 49.7. The molecule has 0 saturated heterocycles. The molecule has 232 valence electrons. The van der Waals surface area contributed by atoms with E-state index in [1.807, 2.05) is 6.07 Å². The van der Waals surface area contributed by atoms with Gasteiger partial charge in [-0.3, -0.25) is 0 Å². The van der Waals surface area contributed by atoms with E-state index in [0.29, 0.717) is 0 Å². The molecule has 3 heteroatoms. The smallest absolute Gasteiger partial charge is 0.159 e. The van der Waals surface area contributed by atoms with Gasteiger partial charge in [-0.1, -0.05) is 136 Å². The molecule has 0 fully saturated rings. The van der Waals surface area contributed by atoms with Crippen LogP contribution in [0.15, 0.2) is 148 Å². The van der Waals surface area contributed by atoms with Crippen molar-refractivity contribution in [3.05, 3.63) is 151 Å². The van der Waals surface area contributed by atoms with Crippen molar-refractivity contribution >= 4 is 71.7 Å². The number of hydrogen-bond acceptors (Lipinski definition) is 3. The summed E-state index contributed by atoms with van der Waals surface area (Å²) in [6.45, 7) is 8.90. The van der Waals surface area contributed by atoms with E-state index in [4.69, 9.17) is 8.83 Å². The quantitative estimate of drug-likeness (QED) is 0.196. The molecule has 48 heavy (non-hydrogen) atoms. The van der Waals surface area contributed by atoms with Crippen LogP contribution in [-0.2, 0) is 5.41 Å². The maximum absolute atomic E-state index is 7.03. The SMILES string of the molecule is Cc1ccc(N(c2cc3c4ccccc4oc3c3ccccc23)c2cccc3c2oc2c(C(C)(C)C)cccc23)c(-c2ccccc2)c1. The number of benzene rings is 7. The summed E-state index contributed by atoms with van der Waals surface area (Å²) in [7, 11) is 0. The van der Waals surface area contributed by atoms with E-state index in [9.17, 15) is 0 Å². The lowest BCUT2D eigenvalue weighted by Gasteiger charge is -2.29. The van der Waals surface area contributed by atoms with E-state index < -0.39 is 0 Å². The Balaban J connectivity index is 1.44. The molecule has 0 N–H and O–H groups in total.